The van der Waals surface area contributed by atoms with Crippen LogP contribution in [-0.2, 0) is 15.2 Å². The molecule has 0 radical (unpaired) electrons. The number of hydrogen-bond donors (Lipinski definition) is 1. The summed E-state index contributed by atoms with van der Waals surface area (Å²) in [5, 5.41) is 7.12. The lowest BCUT2D eigenvalue weighted by Crippen LogP contribution is -2.52. The highest BCUT2D eigenvalue weighted by molar-refractivity contribution is 7.98. The SMILES string of the molecule is Cc1cc(CSc2ccccc2C(=O)NCC(C2CCOC2)N2CCOCC2)on1. The number of thioether (sulfide) groups is 1. The van der Waals surface area contributed by atoms with Crippen molar-refractivity contribution in [1.29, 1.82) is 0 Å². The first-order chi connectivity index (χ1) is 14.7. The molecule has 7 nitrogen and oxygen atoms in total. The first kappa shape index (κ1) is 21.4. The molecule has 30 heavy (non-hydrogen) atoms. The molecule has 0 spiro atoms. The molecule has 162 valence electrons. The molecule has 0 aliphatic carbocycles. The van der Waals surface area contributed by atoms with Crippen LogP contribution in [0, 0.1) is 12.8 Å². The van der Waals surface area contributed by atoms with Crippen molar-refractivity contribution >= 4 is 17.7 Å². The molecule has 8 heteroatoms. The van der Waals surface area contributed by atoms with Crippen LogP contribution in [0.4, 0.5) is 0 Å². The third kappa shape index (κ3) is 5.43. The Balaban J connectivity index is 1.39. The number of nitrogens with one attached hydrogen (secondary N) is 1. The molecule has 3 heterocycles. The fourth-order valence-electron chi connectivity index (χ4n) is 4.07. The third-order valence-corrected chi connectivity index (χ3v) is 6.77. The third-order valence-electron chi connectivity index (χ3n) is 5.67. The summed E-state index contributed by atoms with van der Waals surface area (Å²) in [6.45, 7) is 7.39. The minimum Gasteiger partial charge on any atom is -0.381 e. The van der Waals surface area contributed by atoms with Gasteiger partial charge in [0.2, 0.25) is 0 Å². The predicted octanol–water partition coefficient (Wildman–Crippen LogP) is 2.74. The number of aryl methyl sites for hydroxylation is 1. The van der Waals surface area contributed by atoms with Gasteiger partial charge in [-0.15, -0.1) is 11.8 Å². The molecule has 2 aliphatic heterocycles. The quantitative estimate of drug-likeness (QED) is 0.644. The molecule has 2 atom stereocenters. The molecule has 0 bridgehead atoms. The molecule has 1 amide bonds. The van der Waals surface area contributed by atoms with Crippen molar-refractivity contribution in [2.24, 2.45) is 5.92 Å². The van der Waals surface area contributed by atoms with Crippen LogP contribution in [0.5, 0.6) is 0 Å². The standard InChI is InChI=1S/C22H29N3O4S/c1-16-12-18(29-24-16)15-30-21-5-3-2-4-19(21)22(26)23-13-20(17-6-9-28-14-17)25-7-10-27-11-8-25/h2-5,12,17,20H,6-11,13-15H2,1H3,(H,23,26). The molecule has 2 aliphatic rings. The Bertz CT molecular complexity index is 831. The Morgan fingerprint density at radius 2 is 2.10 bits per heavy atom. The van der Waals surface area contributed by atoms with Gasteiger partial charge in [0.1, 0.15) is 5.76 Å². The van der Waals surface area contributed by atoms with E-state index in [1.54, 1.807) is 11.8 Å². The van der Waals surface area contributed by atoms with E-state index in [9.17, 15) is 4.79 Å². The van der Waals surface area contributed by atoms with Gasteiger partial charge in [-0.3, -0.25) is 9.69 Å². The smallest absolute Gasteiger partial charge is 0.252 e. The van der Waals surface area contributed by atoms with Gasteiger partial charge in [-0.25, -0.2) is 0 Å². The van der Waals surface area contributed by atoms with Gasteiger partial charge in [-0.1, -0.05) is 17.3 Å². The van der Waals surface area contributed by atoms with E-state index in [4.69, 9.17) is 14.0 Å². The van der Waals surface area contributed by atoms with Gasteiger partial charge in [0, 0.05) is 49.2 Å². The van der Waals surface area contributed by atoms with Gasteiger partial charge in [0.05, 0.1) is 36.8 Å². The van der Waals surface area contributed by atoms with Crippen molar-refractivity contribution < 1.29 is 18.8 Å². The van der Waals surface area contributed by atoms with Crippen LogP contribution in [0.3, 0.4) is 0 Å². The first-order valence-corrected chi connectivity index (χ1v) is 11.5. The Kier molecular flexibility index (Phi) is 7.43. The summed E-state index contributed by atoms with van der Waals surface area (Å²) in [5.74, 6) is 1.86. The molecule has 2 aromatic rings. The average Bonchev–Trinajstić information content (AvgIpc) is 3.45. The second-order valence-corrected chi connectivity index (χ2v) is 8.79. The monoisotopic (exact) mass is 431 g/mol. The average molecular weight is 432 g/mol. The summed E-state index contributed by atoms with van der Waals surface area (Å²) in [6.07, 6.45) is 1.04. The number of carbonyl (C=O) groups is 1. The van der Waals surface area contributed by atoms with Gasteiger partial charge >= 0.3 is 0 Å². The zero-order chi connectivity index (χ0) is 20.8. The van der Waals surface area contributed by atoms with Crippen molar-refractivity contribution in [3.63, 3.8) is 0 Å². The minimum absolute atomic E-state index is 0.0379. The Hall–Kier alpha value is -1.87. The molecule has 1 aromatic carbocycles. The number of ether oxygens (including phenoxy) is 2. The van der Waals surface area contributed by atoms with E-state index >= 15 is 0 Å². The largest absolute Gasteiger partial charge is 0.381 e. The predicted molar refractivity (Wildman–Crippen MR) is 115 cm³/mol. The van der Waals surface area contributed by atoms with Crippen LogP contribution in [-0.4, -0.2) is 68.1 Å². The van der Waals surface area contributed by atoms with Crippen LogP contribution in [0.2, 0.25) is 0 Å². The number of carbonyl (C=O) groups excluding carboxylic acids is 1. The number of aromatic nitrogens is 1. The summed E-state index contributed by atoms with van der Waals surface area (Å²) in [7, 11) is 0. The van der Waals surface area contributed by atoms with Crippen molar-refractivity contribution in [3.8, 4) is 0 Å². The van der Waals surface area contributed by atoms with E-state index in [1.165, 1.54) is 0 Å². The number of morpholine rings is 1. The summed E-state index contributed by atoms with van der Waals surface area (Å²) in [4.78, 5) is 16.4. The van der Waals surface area contributed by atoms with E-state index in [-0.39, 0.29) is 11.9 Å². The van der Waals surface area contributed by atoms with E-state index in [0.717, 1.165) is 62.3 Å². The highest BCUT2D eigenvalue weighted by Gasteiger charge is 2.32. The second kappa shape index (κ2) is 10.4. The number of nitrogens with zero attached hydrogens (tertiary/aromatic N) is 2. The fourth-order valence-corrected chi connectivity index (χ4v) is 4.99. The molecule has 1 N–H and O–H groups in total. The number of benzene rings is 1. The van der Waals surface area contributed by atoms with Gasteiger partial charge in [0.25, 0.3) is 5.91 Å². The van der Waals surface area contributed by atoms with Crippen LogP contribution in [0.25, 0.3) is 0 Å². The van der Waals surface area contributed by atoms with Gasteiger partial charge in [0.15, 0.2) is 0 Å². The Morgan fingerprint density at radius 1 is 1.27 bits per heavy atom. The maximum Gasteiger partial charge on any atom is 0.252 e. The Morgan fingerprint density at radius 3 is 2.83 bits per heavy atom. The highest BCUT2D eigenvalue weighted by atomic mass is 32.2. The molecule has 2 saturated heterocycles. The van der Waals surface area contributed by atoms with Crippen LogP contribution in [0.1, 0.15) is 28.2 Å². The zero-order valence-corrected chi connectivity index (χ0v) is 18.2. The maximum atomic E-state index is 13.0. The fraction of sp³-hybridized carbons (Fsp3) is 0.545. The molecule has 2 unspecified atom stereocenters. The van der Waals surface area contributed by atoms with Gasteiger partial charge in [-0.2, -0.15) is 0 Å². The van der Waals surface area contributed by atoms with E-state index in [1.807, 2.05) is 37.3 Å². The zero-order valence-electron chi connectivity index (χ0n) is 17.3. The second-order valence-electron chi connectivity index (χ2n) is 7.77. The molecule has 2 fully saturated rings. The lowest BCUT2D eigenvalue weighted by molar-refractivity contribution is 0.00166. The lowest BCUT2D eigenvalue weighted by Gasteiger charge is -2.37. The summed E-state index contributed by atoms with van der Waals surface area (Å²) in [5.41, 5.74) is 1.56. The van der Waals surface area contributed by atoms with E-state index in [2.05, 4.69) is 15.4 Å². The van der Waals surface area contributed by atoms with Gasteiger partial charge in [-0.05, 0) is 25.5 Å². The van der Waals surface area contributed by atoms with Crippen LogP contribution < -0.4 is 5.32 Å². The number of amides is 1. The number of hydrogen-bond acceptors (Lipinski definition) is 7. The topological polar surface area (TPSA) is 76.8 Å². The normalized spacial score (nSPS) is 20.9. The van der Waals surface area contributed by atoms with Crippen molar-refractivity contribution in [2.45, 2.75) is 30.0 Å². The van der Waals surface area contributed by atoms with Crippen molar-refractivity contribution in [3.05, 3.63) is 47.3 Å². The van der Waals surface area contributed by atoms with Crippen molar-refractivity contribution in [2.75, 3.05) is 46.1 Å². The molecule has 0 saturated carbocycles. The highest BCUT2D eigenvalue weighted by Crippen LogP contribution is 2.27. The molecule has 4 rings (SSSR count). The van der Waals surface area contributed by atoms with E-state index in [0.29, 0.717) is 23.8 Å². The van der Waals surface area contributed by atoms with Crippen molar-refractivity contribution in [1.82, 2.24) is 15.4 Å². The van der Waals surface area contributed by atoms with E-state index < -0.39 is 0 Å². The Labute approximate surface area is 181 Å². The first-order valence-electron chi connectivity index (χ1n) is 10.5. The molecule has 1 aromatic heterocycles. The number of rotatable bonds is 8. The van der Waals surface area contributed by atoms with Crippen LogP contribution >= 0.6 is 11.8 Å². The maximum absolute atomic E-state index is 13.0. The summed E-state index contributed by atoms with van der Waals surface area (Å²) < 4.78 is 16.4. The minimum atomic E-state index is -0.0379. The summed E-state index contributed by atoms with van der Waals surface area (Å²) in [6, 6.07) is 9.92. The molecular weight excluding hydrogens is 402 g/mol. The summed E-state index contributed by atoms with van der Waals surface area (Å²) >= 11 is 1.59. The van der Waals surface area contributed by atoms with Gasteiger partial charge < -0.3 is 19.3 Å². The van der Waals surface area contributed by atoms with Crippen LogP contribution in [0.15, 0.2) is 39.8 Å². The molecular formula is C22H29N3O4S. The lowest BCUT2D eigenvalue weighted by atomic mass is 9.96.